The maximum Gasteiger partial charge on any atom is 0.337 e. The minimum absolute atomic E-state index is 0.0800. The quantitative estimate of drug-likeness (QED) is 0.672. The van der Waals surface area contributed by atoms with E-state index in [2.05, 4.69) is 5.32 Å². The highest BCUT2D eigenvalue weighted by molar-refractivity contribution is 6.35. The molecule has 0 spiro atoms. The van der Waals surface area contributed by atoms with Crippen LogP contribution in [0.15, 0.2) is 36.4 Å². The normalized spacial score (nSPS) is 11.1. The van der Waals surface area contributed by atoms with Crippen molar-refractivity contribution in [1.29, 1.82) is 0 Å². The Bertz CT molecular complexity index is 925. The number of hydrogen-bond acceptors (Lipinski definition) is 4. The number of benzene rings is 2. The highest BCUT2D eigenvalue weighted by Gasteiger charge is 2.17. The van der Waals surface area contributed by atoms with Crippen LogP contribution in [-0.2, 0) is 4.79 Å². The Morgan fingerprint density at radius 1 is 1.04 bits per heavy atom. The Balaban J connectivity index is 2.35. The first kappa shape index (κ1) is 20.6. The van der Waals surface area contributed by atoms with Crippen molar-refractivity contribution in [3.05, 3.63) is 57.6 Å². The molecule has 0 aliphatic heterocycles. The van der Waals surface area contributed by atoms with Gasteiger partial charge in [0.15, 0.2) is 11.5 Å². The second-order valence-electron chi connectivity index (χ2n) is 5.50. The predicted octanol–water partition coefficient (Wildman–Crippen LogP) is 4.75. The molecule has 0 unspecified atom stereocenters. The molecule has 8 heteroatoms. The van der Waals surface area contributed by atoms with Crippen molar-refractivity contribution in [2.75, 3.05) is 19.5 Å². The Labute approximate surface area is 166 Å². The van der Waals surface area contributed by atoms with Gasteiger partial charge in [-0.25, -0.2) is 4.79 Å². The summed E-state index contributed by atoms with van der Waals surface area (Å²) in [6, 6.07) is 7.60. The van der Waals surface area contributed by atoms with Crippen LogP contribution < -0.4 is 14.8 Å². The molecule has 0 atom stereocenters. The third-order valence-electron chi connectivity index (χ3n) is 3.72. The van der Waals surface area contributed by atoms with Crippen LogP contribution in [0, 0.1) is 0 Å². The van der Waals surface area contributed by atoms with Crippen molar-refractivity contribution in [3.8, 4) is 11.5 Å². The van der Waals surface area contributed by atoms with Gasteiger partial charge in [0.05, 0.1) is 25.5 Å². The minimum Gasteiger partial charge on any atom is -0.493 e. The van der Waals surface area contributed by atoms with Crippen molar-refractivity contribution in [3.63, 3.8) is 0 Å². The molecule has 0 aliphatic rings. The number of hydrogen-bond donors (Lipinski definition) is 2. The lowest BCUT2D eigenvalue weighted by molar-refractivity contribution is -0.111. The van der Waals surface area contributed by atoms with Gasteiger partial charge >= 0.3 is 5.97 Å². The summed E-state index contributed by atoms with van der Waals surface area (Å²) in [4.78, 5) is 23.9. The van der Waals surface area contributed by atoms with Crippen LogP contribution in [0.4, 0.5) is 5.69 Å². The van der Waals surface area contributed by atoms with Crippen LogP contribution in [0.3, 0.4) is 0 Å². The number of carboxylic acids is 1. The van der Waals surface area contributed by atoms with E-state index in [9.17, 15) is 14.7 Å². The zero-order valence-electron chi connectivity index (χ0n) is 14.8. The molecule has 1 amide bonds. The first-order valence-corrected chi connectivity index (χ1v) is 8.46. The van der Waals surface area contributed by atoms with Gasteiger partial charge in [-0.15, -0.1) is 0 Å². The van der Waals surface area contributed by atoms with E-state index < -0.39 is 11.9 Å². The van der Waals surface area contributed by atoms with Crippen molar-refractivity contribution in [2.45, 2.75) is 6.92 Å². The number of halogens is 2. The summed E-state index contributed by atoms with van der Waals surface area (Å²) in [5.74, 6) is -1.20. The van der Waals surface area contributed by atoms with E-state index in [0.717, 1.165) is 0 Å². The summed E-state index contributed by atoms with van der Waals surface area (Å²) >= 11 is 12.0. The summed E-state index contributed by atoms with van der Waals surface area (Å²) in [6.07, 6.45) is 1.32. The van der Waals surface area contributed by atoms with Crippen LogP contribution in [0.1, 0.15) is 22.8 Å². The van der Waals surface area contributed by atoms with Crippen LogP contribution >= 0.6 is 23.2 Å². The highest BCUT2D eigenvalue weighted by Crippen LogP contribution is 2.33. The molecule has 2 rings (SSSR count). The molecule has 6 nitrogen and oxygen atoms in total. The molecule has 2 N–H and O–H groups in total. The average Bonchev–Trinajstić information content (AvgIpc) is 2.60. The second-order valence-corrected chi connectivity index (χ2v) is 6.34. The maximum atomic E-state index is 12.4. The lowest BCUT2D eigenvalue weighted by Crippen LogP contribution is -2.13. The Kier molecular flexibility index (Phi) is 6.71. The summed E-state index contributed by atoms with van der Waals surface area (Å²) in [5.41, 5.74) is 1.18. The van der Waals surface area contributed by atoms with E-state index >= 15 is 0 Å². The van der Waals surface area contributed by atoms with E-state index in [1.54, 1.807) is 25.1 Å². The lowest BCUT2D eigenvalue weighted by Gasteiger charge is -2.13. The molecule has 27 heavy (non-hydrogen) atoms. The number of ether oxygens (including phenoxy) is 2. The van der Waals surface area contributed by atoms with Gasteiger partial charge in [-0.2, -0.15) is 0 Å². The molecule has 0 radical (unpaired) electrons. The van der Waals surface area contributed by atoms with Gasteiger partial charge in [0.1, 0.15) is 0 Å². The number of methoxy groups -OCH3 is 2. The van der Waals surface area contributed by atoms with Gasteiger partial charge in [-0.05, 0) is 30.2 Å². The Morgan fingerprint density at radius 3 is 2.22 bits per heavy atom. The van der Waals surface area contributed by atoms with Crippen LogP contribution in [-0.4, -0.2) is 31.2 Å². The standard InChI is InChI=1S/C19H17Cl2NO5/c1-10(12-5-4-11(20)7-14(12)21)6-18(23)22-15-9-17(27-3)16(26-2)8-13(15)19(24)25/h4-9H,1-3H3,(H,22,23)(H,24,25)/b10-6-. The van der Waals surface area contributed by atoms with Crippen LogP contribution in [0.5, 0.6) is 11.5 Å². The zero-order valence-corrected chi connectivity index (χ0v) is 16.3. The molecule has 0 saturated carbocycles. The molecular formula is C19H17Cl2NO5. The molecule has 0 aliphatic carbocycles. The van der Waals surface area contributed by atoms with Gasteiger partial charge in [0.2, 0.25) is 5.91 Å². The van der Waals surface area contributed by atoms with Crippen molar-refractivity contribution < 1.29 is 24.2 Å². The zero-order chi connectivity index (χ0) is 20.1. The monoisotopic (exact) mass is 409 g/mol. The number of anilines is 1. The number of rotatable bonds is 6. The number of aromatic carboxylic acids is 1. The van der Waals surface area contributed by atoms with Gasteiger partial charge in [0, 0.05) is 28.3 Å². The third-order valence-corrected chi connectivity index (χ3v) is 4.26. The molecule has 142 valence electrons. The van der Waals surface area contributed by atoms with Gasteiger partial charge in [-0.1, -0.05) is 29.3 Å². The average molecular weight is 410 g/mol. The van der Waals surface area contributed by atoms with Crippen molar-refractivity contribution in [2.24, 2.45) is 0 Å². The van der Waals surface area contributed by atoms with E-state index in [1.807, 2.05) is 0 Å². The fourth-order valence-corrected chi connectivity index (χ4v) is 2.97. The molecular weight excluding hydrogens is 393 g/mol. The number of nitrogens with one attached hydrogen (secondary N) is 1. The fourth-order valence-electron chi connectivity index (χ4n) is 2.41. The van der Waals surface area contributed by atoms with Crippen molar-refractivity contribution in [1.82, 2.24) is 0 Å². The minimum atomic E-state index is -1.22. The van der Waals surface area contributed by atoms with Crippen LogP contribution in [0.25, 0.3) is 5.57 Å². The van der Waals surface area contributed by atoms with E-state index in [1.165, 1.54) is 32.4 Å². The topological polar surface area (TPSA) is 84.9 Å². The smallest absolute Gasteiger partial charge is 0.337 e. The summed E-state index contributed by atoms with van der Waals surface area (Å²) in [6.45, 7) is 1.71. The Hall–Kier alpha value is -2.70. The molecule has 0 saturated heterocycles. The molecule has 2 aromatic rings. The summed E-state index contributed by atoms with van der Waals surface area (Å²) < 4.78 is 10.2. The SMILES string of the molecule is COc1cc(NC(=O)/C=C(/C)c2ccc(Cl)cc2Cl)c(C(=O)O)cc1OC. The van der Waals surface area contributed by atoms with E-state index in [4.69, 9.17) is 32.7 Å². The fraction of sp³-hybridized carbons (Fsp3) is 0.158. The summed E-state index contributed by atoms with van der Waals surface area (Å²) in [7, 11) is 2.81. The molecule has 0 aromatic heterocycles. The molecule has 2 aromatic carbocycles. The van der Waals surface area contributed by atoms with E-state index in [0.29, 0.717) is 26.9 Å². The first-order chi connectivity index (χ1) is 12.8. The third kappa shape index (κ3) is 4.93. The number of carboxylic acid groups (broad SMARTS) is 1. The predicted molar refractivity (Wildman–Crippen MR) is 105 cm³/mol. The van der Waals surface area contributed by atoms with E-state index in [-0.39, 0.29) is 17.0 Å². The van der Waals surface area contributed by atoms with Crippen molar-refractivity contribution >= 4 is 46.3 Å². The lowest BCUT2D eigenvalue weighted by atomic mass is 10.1. The molecule has 0 bridgehead atoms. The largest absolute Gasteiger partial charge is 0.493 e. The van der Waals surface area contributed by atoms with Gasteiger partial charge in [-0.3, -0.25) is 4.79 Å². The van der Waals surface area contributed by atoms with Crippen LogP contribution in [0.2, 0.25) is 10.0 Å². The maximum absolute atomic E-state index is 12.4. The Morgan fingerprint density at radius 2 is 1.67 bits per heavy atom. The number of carbonyl (C=O) groups excluding carboxylic acids is 1. The molecule has 0 heterocycles. The summed E-state index contributed by atoms with van der Waals surface area (Å²) in [5, 5.41) is 12.8. The number of allylic oxidation sites excluding steroid dienone is 1. The second kappa shape index (κ2) is 8.79. The first-order valence-electron chi connectivity index (χ1n) is 7.70. The highest BCUT2D eigenvalue weighted by atomic mass is 35.5. The molecule has 0 fully saturated rings. The van der Waals surface area contributed by atoms with Gasteiger partial charge in [0.25, 0.3) is 0 Å². The number of amides is 1. The number of carbonyl (C=O) groups is 2. The van der Waals surface area contributed by atoms with Gasteiger partial charge < -0.3 is 19.9 Å².